The van der Waals surface area contributed by atoms with Crippen molar-refractivity contribution in [1.82, 2.24) is 20.8 Å². The third kappa shape index (κ3) is 3.94. The van der Waals surface area contributed by atoms with Gasteiger partial charge in [-0.15, -0.1) is 0 Å². The summed E-state index contributed by atoms with van der Waals surface area (Å²) in [4.78, 5) is 26.7. The smallest absolute Gasteiger partial charge is 0.315 e. The van der Waals surface area contributed by atoms with Gasteiger partial charge in [0.15, 0.2) is 5.82 Å². The molecule has 1 aliphatic carbocycles. The predicted molar refractivity (Wildman–Crippen MR) is 67.9 cm³/mol. The summed E-state index contributed by atoms with van der Waals surface area (Å²) in [5.74, 6) is -0.820. The molecule has 2 atom stereocenters. The van der Waals surface area contributed by atoms with Crippen molar-refractivity contribution >= 4 is 12.0 Å². The van der Waals surface area contributed by atoms with Gasteiger partial charge in [0, 0.05) is 19.0 Å². The molecule has 8 nitrogen and oxygen atoms in total. The Hall–Kier alpha value is -2.12. The third-order valence-electron chi connectivity index (χ3n) is 3.44. The quantitative estimate of drug-likeness (QED) is 0.726. The molecule has 2 rings (SSSR count). The Bertz CT molecular complexity index is 448. The van der Waals surface area contributed by atoms with Crippen LogP contribution >= 0.6 is 0 Å². The van der Waals surface area contributed by atoms with E-state index in [-0.39, 0.29) is 12.1 Å². The fourth-order valence-electron chi connectivity index (χ4n) is 2.41. The number of carboxylic acid groups (broad SMARTS) is 1. The highest BCUT2D eigenvalue weighted by atomic mass is 16.5. The summed E-state index contributed by atoms with van der Waals surface area (Å²) in [5, 5.41) is 18.2. The van der Waals surface area contributed by atoms with Crippen LogP contribution in [0.2, 0.25) is 0 Å². The first-order valence-corrected chi connectivity index (χ1v) is 6.69. The second kappa shape index (κ2) is 6.88. The van der Waals surface area contributed by atoms with Gasteiger partial charge < -0.3 is 20.3 Å². The number of hydrogen-bond acceptors (Lipinski definition) is 5. The highest BCUT2D eigenvalue weighted by Crippen LogP contribution is 2.24. The lowest BCUT2D eigenvalue weighted by Gasteiger charge is -2.29. The minimum absolute atomic E-state index is 0.300. The number of aliphatic carboxylic acids is 1. The van der Waals surface area contributed by atoms with Crippen molar-refractivity contribution in [2.45, 2.75) is 38.1 Å². The number of urea groups is 1. The van der Waals surface area contributed by atoms with Gasteiger partial charge in [-0.2, -0.15) is 4.98 Å². The van der Waals surface area contributed by atoms with Crippen molar-refractivity contribution < 1.29 is 19.2 Å². The molecule has 1 aromatic heterocycles. The van der Waals surface area contributed by atoms with Crippen LogP contribution in [0.25, 0.3) is 0 Å². The Balaban J connectivity index is 1.73. The molecule has 20 heavy (non-hydrogen) atoms. The Kier molecular flexibility index (Phi) is 4.91. The van der Waals surface area contributed by atoms with Crippen molar-refractivity contribution in [3.63, 3.8) is 0 Å². The number of nitrogens with zero attached hydrogens (tertiary/aromatic N) is 2. The average molecular weight is 282 g/mol. The highest BCUT2D eigenvalue weighted by Gasteiger charge is 2.31. The lowest BCUT2D eigenvalue weighted by atomic mass is 9.84. The summed E-state index contributed by atoms with van der Waals surface area (Å²) in [6.45, 7) is 0.371. The number of hydrogen-bond donors (Lipinski definition) is 3. The third-order valence-corrected chi connectivity index (χ3v) is 3.44. The maximum absolute atomic E-state index is 11.7. The van der Waals surface area contributed by atoms with E-state index < -0.39 is 11.9 Å². The van der Waals surface area contributed by atoms with Gasteiger partial charge in [0.1, 0.15) is 0 Å². The van der Waals surface area contributed by atoms with Gasteiger partial charge in [-0.25, -0.2) is 4.79 Å². The van der Waals surface area contributed by atoms with Gasteiger partial charge in [0.2, 0.25) is 6.39 Å². The van der Waals surface area contributed by atoms with Crippen molar-refractivity contribution in [3.05, 3.63) is 12.2 Å². The first-order chi connectivity index (χ1) is 9.66. The second-order valence-corrected chi connectivity index (χ2v) is 4.83. The van der Waals surface area contributed by atoms with E-state index in [4.69, 9.17) is 5.11 Å². The van der Waals surface area contributed by atoms with E-state index in [0.29, 0.717) is 31.6 Å². The van der Waals surface area contributed by atoms with Crippen LogP contribution in [0.4, 0.5) is 4.79 Å². The predicted octanol–water partition coefficient (Wildman–Crippen LogP) is 0.555. The first kappa shape index (κ1) is 14.3. The molecule has 1 aromatic rings. The van der Waals surface area contributed by atoms with Gasteiger partial charge in [-0.1, -0.05) is 18.0 Å². The van der Waals surface area contributed by atoms with Crippen LogP contribution in [0.3, 0.4) is 0 Å². The van der Waals surface area contributed by atoms with Crippen molar-refractivity contribution in [2.24, 2.45) is 5.92 Å². The summed E-state index contributed by atoms with van der Waals surface area (Å²) < 4.78 is 4.58. The fourth-order valence-corrected chi connectivity index (χ4v) is 2.41. The van der Waals surface area contributed by atoms with Gasteiger partial charge >= 0.3 is 12.0 Å². The lowest BCUT2D eigenvalue weighted by molar-refractivity contribution is -0.143. The molecule has 1 heterocycles. The summed E-state index contributed by atoms with van der Waals surface area (Å²) in [7, 11) is 0. The van der Waals surface area contributed by atoms with Crippen LogP contribution in [0.5, 0.6) is 0 Å². The molecule has 8 heteroatoms. The molecule has 0 radical (unpaired) electrons. The number of carbonyl (C=O) groups excluding carboxylic acids is 1. The Morgan fingerprint density at radius 3 is 2.90 bits per heavy atom. The van der Waals surface area contributed by atoms with Crippen LogP contribution in [0.1, 0.15) is 31.5 Å². The molecule has 0 saturated heterocycles. The molecule has 3 N–H and O–H groups in total. The summed E-state index contributed by atoms with van der Waals surface area (Å²) in [6, 6.07) is -0.655. The Morgan fingerprint density at radius 2 is 2.20 bits per heavy atom. The normalized spacial score (nSPS) is 22.2. The number of carbonyl (C=O) groups is 2. The van der Waals surface area contributed by atoms with Crippen LogP contribution in [0, 0.1) is 5.92 Å². The van der Waals surface area contributed by atoms with Gasteiger partial charge in [0.05, 0.1) is 5.92 Å². The molecule has 0 spiro atoms. The standard InChI is InChI=1S/C12H18N4O4/c17-11(18)8-3-1-2-4-9(8)15-12(19)13-6-5-10-14-7-20-16-10/h7-9H,1-6H2,(H,17,18)(H2,13,15,19). The topological polar surface area (TPSA) is 117 Å². The van der Waals surface area contributed by atoms with Crippen LogP contribution in [-0.4, -0.2) is 39.8 Å². The first-order valence-electron chi connectivity index (χ1n) is 6.69. The molecule has 2 unspecified atom stereocenters. The maximum atomic E-state index is 11.7. The van der Waals surface area contributed by atoms with Gasteiger partial charge in [-0.05, 0) is 12.8 Å². The number of aromatic nitrogens is 2. The molecular weight excluding hydrogens is 264 g/mol. The van der Waals surface area contributed by atoms with Crippen LogP contribution in [-0.2, 0) is 11.2 Å². The molecule has 0 aromatic carbocycles. The van der Waals surface area contributed by atoms with E-state index in [0.717, 1.165) is 12.8 Å². The van der Waals surface area contributed by atoms with E-state index >= 15 is 0 Å². The fraction of sp³-hybridized carbons (Fsp3) is 0.667. The van der Waals surface area contributed by atoms with E-state index in [2.05, 4.69) is 25.3 Å². The Morgan fingerprint density at radius 1 is 1.40 bits per heavy atom. The number of nitrogens with one attached hydrogen (secondary N) is 2. The molecular formula is C12H18N4O4. The zero-order valence-electron chi connectivity index (χ0n) is 11.0. The lowest BCUT2D eigenvalue weighted by Crippen LogP contribution is -2.49. The number of amides is 2. The number of rotatable bonds is 5. The van der Waals surface area contributed by atoms with E-state index in [9.17, 15) is 9.59 Å². The molecule has 2 amide bonds. The minimum Gasteiger partial charge on any atom is -0.481 e. The summed E-state index contributed by atoms with van der Waals surface area (Å²) in [5.41, 5.74) is 0. The second-order valence-electron chi connectivity index (χ2n) is 4.83. The van der Waals surface area contributed by atoms with Crippen LogP contribution in [0.15, 0.2) is 10.9 Å². The monoisotopic (exact) mass is 282 g/mol. The van der Waals surface area contributed by atoms with E-state index in [1.165, 1.54) is 6.39 Å². The molecule has 0 bridgehead atoms. The van der Waals surface area contributed by atoms with Crippen molar-refractivity contribution in [1.29, 1.82) is 0 Å². The molecule has 1 aliphatic rings. The highest BCUT2D eigenvalue weighted by molar-refractivity contribution is 5.76. The van der Waals surface area contributed by atoms with Gasteiger partial charge in [-0.3, -0.25) is 4.79 Å². The molecule has 110 valence electrons. The minimum atomic E-state index is -0.846. The molecule has 0 aliphatic heterocycles. The zero-order valence-corrected chi connectivity index (χ0v) is 11.0. The SMILES string of the molecule is O=C(NCCc1ncon1)NC1CCCCC1C(=O)O. The number of carboxylic acids is 1. The molecule has 1 saturated carbocycles. The Labute approximate surface area is 115 Å². The van der Waals surface area contributed by atoms with Gasteiger partial charge in [0.25, 0.3) is 0 Å². The molecule has 1 fully saturated rings. The maximum Gasteiger partial charge on any atom is 0.315 e. The van der Waals surface area contributed by atoms with Crippen molar-refractivity contribution in [3.8, 4) is 0 Å². The average Bonchev–Trinajstić information content (AvgIpc) is 2.92. The van der Waals surface area contributed by atoms with Crippen molar-refractivity contribution in [2.75, 3.05) is 6.54 Å². The summed E-state index contributed by atoms with van der Waals surface area (Å²) >= 11 is 0. The van der Waals surface area contributed by atoms with E-state index in [1.807, 2.05) is 0 Å². The zero-order chi connectivity index (χ0) is 14.4. The van der Waals surface area contributed by atoms with E-state index in [1.54, 1.807) is 0 Å². The summed E-state index contributed by atoms with van der Waals surface area (Å²) in [6.07, 6.45) is 4.86. The van der Waals surface area contributed by atoms with Crippen LogP contribution < -0.4 is 10.6 Å². The largest absolute Gasteiger partial charge is 0.481 e.